The molecule has 0 saturated heterocycles. The van der Waals surface area contributed by atoms with Crippen LogP contribution < -0.4 is 5.32 Å². The van der Waals surface area contributed by atoms with Crippen LogP contribution in [0.3, 0.4) is 0 Å². The number of aliphatic carboxylic acids is 1. The molecular formula is C11H13IN2O4. The molecule has 1 aromatic carbocycles. The van der Waals surface area contributed by atoms with Crippen LogP contribution in [0.25, 0.3) is 0 Å². The van der Waals surface area contributed by atoms with E-state index in [1.165, 1.54) is 12.1 Å². The number of carboxylic acid groups (broad SMARTS) is 1. The summed E-state index contributed by atoms with van der Waals surface area (Å²) < 4.78 is 0.740. The monoisotopic (exact) mass is 364 g/mol. The molecule has 0 fully saturated rings. The van der Waals surface area contributed by atoms with Gasteiger partial charge in [0.15, 0.2) is 0 Å². The van der Waals surface area contributed by atoms with Gasteiger partial charge in [0, 0.05) is 33.9 Å². The Morgan fingerprint density at radius 2 is 2.28 bits per heavy atom. The van der Waals surface area contributed by atoms with E-state index in [-0.39, 0.29) is 18.2 Å². The first-order chi connectivity index (χ1) is 8.40. The van der Waals surface area contributed by atoms with Gasteiger partial charge in [-0.1, -0.05) is 0 Å². The molecule has 0 bridgehead atoms. The van der Waals surface area contributed by atoms with Gasteiger partial charge in [-0.2, -0.15) is 0 Å². The summed E-state index contributed by atoms with van der Waals surface area (Å²) in [5.74, 6) is -0.831. The predicted octanol–water partition coefficient (Wildman–Crippen LogP) is 2.86. The van der Waals surface area contributed by atoms with Gasteiger partial charge in [-0.15, -0.1) is 0 Å². The number of carbonyl (C=O) groups is 1. The second-order valence-electron chi connectivity index (χ2n) is 3.90. The van der Waals surface area contributed by atoms with Gasteiger partial charge in [-0.3, -0.25) is 14.9 Å². The Morgan fingerprint density at radius 1 is 1.61 bits per heavy atom. The number of nitro benzene ring substituents is 1. The van der Waals surface area contributed by atoms with E-state index in [0.717, 1.165) is 9.26 Å². The molecule has 0 amide bonds. The molecule has 0 heterocycles. The lowest BCUT2D eigenvalue weighted by molar-refractivity contribution is -0.384. The van der Waals surface area contributed by atoms with Gasteiger partial charge >= 0.3 is 5.97 Å². The van der Waals surface area contributed by atoms with Crippen LogP contribution >= 0.6 is 22.6 Å². The van der Waals surface area contributed by atoms with E-state index < -0.39 is 10.9 Å². The fraction of sp³-hybridized carbons (Fsp3) is 0.364. The summed E-state index contributed by atoms with van der Waals surface area (Å²) in [7, 11) is 0. The van der Waals surface area contributed by atoms with Gasteiger partial charge in [0.05, 0.1) is 4.92 Å². The van der Waals surface area contributed by atoms with Crippen LogP contribution in [-0.4, -0.2) is 22.0 Å². The number of nitro groups is 1. The van der Waals surface area contributed by atoms with E-state index in [0.29, 0.717) is 6.42 Å². The maximum absolute atomic E-state index is 10.6. The number of rotatable bonds is 6. The molecule has 98 valence electrons. The van der Waals surface area contributed by atoms with Crippen molar-refractivity contribution in [2.75, 3.05) is 5.32 Å². The minimum absolute atomic E-state index is 0.00364. The number of nitrogens with zero attached hydrogens (tertiary/aromatic N) is 1. The van der Waals surface area contributed by atoms with Gasteiger partial charge in [-0.25, -0.2) is 0 Å². The lowest BCUT2D eigenvalue weighted by atomic mass is 10.1. The highest BCUT2D eigenvalue weighted by molar-refractivity contribution is 14.1. The topological polar surface area (TPSA) is 92.5 Å². The Balaban J connectivity index is 2.67. The van der Waals surface area contributed by atoms with Gasteiger partial charge in [0.25, 0.3) is 5.69 Å². The van der Waals surface area contributed by atoms with E-state index >= 15 is 0 Å². The summed E-state index contributed by atoms with van der Waals surface area (Å²) in [6.07, 6.45) is 0.597. The molecule has 18 heavy (non-hydrogen) atoms. The average Bonchev–Trinajstić information content (AvgIpc) is 2.29. The Morgan fingerprint density at radius 3 is 2.78 bits per heavy atom. The van der Waals surface area contributed by atoms with Crippen molar-refractivity contribution in [3.63, 3.8) is 0 Å². The lowest BCUT2D eigenvalue weighted by Gasteiger charge is -2.15. The highest BCUT2D eigenvalue weighted by Crippen LogP contribution is 2.24. The molecule has 1 unspecified atom stereocenters. The van der Waals surface area contributed by atoms with Crippen LogP contribution in [0.5, 0.6) is 0 Å². The fourth-order valence-corrected chi connectivity index (χ4v) is 2.07. The van der Waals surface area contributed by atoms with Crippen LogP contribution in [0.15, 0.2) is 18.2 Å². The van der Waals surface area contributed by atoms with Crippen molar-refractivity contribution < 1.29 is 14.8 Å². The molecule has 2 N–H and O–H groups in total. The van der Waals surface area contributed by atoms with Crippen LogP contribution in [0, 0.1) is 13.7 Å². The zero-order valence-electron chi connectivity index (χ0n) is 9.72. The molecule has 0 aliphatic carbocycles. The van der Waals surface area contributed by atoms with E-state index in [1.54, 1.807) is 6.07 Å². The van der Waals surface area contributed by atoms with Gasteiger partial charge in [0.2, 0.25) is 0 Å². The molecule has 1 rings (SSSR count). The number of carboxylic acids is 1. The van der Waals surface area contributed by atoms with Gasteiger partial charge in [0.1, 0.15) is 0 Å². The molecule has 7 heteroatoms. The third-order valence-electron chi connectivity index (χ3n) is 2.36. The van der Waals surface area contributed by atoms with Crippen molar-refractivity contribution in [3.8, 4) is 0 Å². The van der Waals surface area contributed by atoms with Crippen LogP contribution in [-0.2, 0) is 4.79 Å². The molecule has 0 saturated carbocycles. The van der Waals surface area contributed by atoms with E-state index in [2.05, 4.69) is 5.32 Å². The third kappa shape index (κ3) is 4.47. The van der Waals surface area contributed by atoms with Crippen molar-refractivity contribution >= 4 is 39.9 Å². The minimum atomic E-state index is -0.831. The molecular weight excluding hydrogens is 351 g/mol. The van der Waals surface area contributed by atoms with Crippen LogP contribution in [0.1, 0.15) is 19.8 Å². The number of anilines is 1. The Kier molecular flexibility index (Phi) is 5.32. The lowest BCUT2D eigenvalue weighted by Crippen LogP contribution is -2.17. The quantitative estimate of drug-likeness (QED) is 0.460. The summed E-state index contributed by atoms with van der Waals surface area (Å²) in [6.45, 7) is 1.88. The Labute approximate surface area is 118 Å². The third-order valence-corrected chi connectivity index (χ3v) is 3.25. The van der Waals surface area contributed by atoms with Crippen molar-refractivity contribution in [1.29, 1.82) is 0 Å². The first kappa shape index (κ1) is 14.7. The molecule has 0 aliphatic rings. The van der Waals surface area contributed by atoms with Crippen molar-refractivity contribution in [1.82, 2.24) is 0 Å². The summed E-state index contributed by atoms with van der Waals surface area (Å²) in [6, 6.07) is 4.54. The molecule has 0 aromatic heterocycles. The highest BCUT2D eigenvalue weighted by Gasteiger charge is 2.11. The number of non-ortho nitro benzene ring substituents is 1. The minimum Gasteiger partial charge on any atom is -0.481 e. The normalized spacial score (nSPS) is 11.9. The summed E-state index contributed by atoms with van der Waals surface area (Å²) in [4.78, 5) is 20.6. The van der Waals surface area contributed by atoms with Crippen LogP contribution in [0.4, 0.5) is 11.4 Å². The first-order valence-corrected chi connectivity index (χ1v) is 6.40. The largest absolute Gasteiger partial charge is 0.481 e. The Hall–Kier alpha value is -1.38. The second-order valence-corrected chi connectivity index (χ2v) is 5.06. The first-order valence-electron chi connectivity index (χ1n) is 5.32. The maximum Gasteiger partial charge on any atom is 0.303 e. The Bertz CT molecular complexity index is 464. The smallest absolute Gasteiger partial charge is 0.303 e. The molecule has 0 radical (unpaired) electrons. The van der Waals surface area contributed by atoms with Gasteiger partial charge in [-0.05, 0) is 42.0 Å². The number of hydrogen-bond donors (Lipinski definition) is 2. The predicted molar refractivity (Wildman–Crippen MR) is 75.8 cm³/mol. The molecule has 1 aromatic rings. The van der Waals surface area contributed by atoms with E-state index in [9.17, 15) is 14.9 Å². The molecule has 1 atom stereocenters. The fourth-order valence-electron chi connectivity index (χ4n) is 1.41. The number of benzene rings is 1. The van der Waals surface area contributed by atoms with Gasteiger partial charge < -0.3 is 10.4 Å². The summed E-state index contributed by atoms with van der Waals surface area (Å²) in [5.41, 5.74) is 0.822. The van der Waals surface area contributed by atoms with Crippen LogP contribution in [0.2, 0.25) is 0 Å². The number of nitrogens with one attached hydrogen (secondary N) is 1. The zero-order valence-corrected chi connectivity index (χ0v) is 11.9. The SMILES string of the molecule is CC(CCC(=O)O)Nc1ccc([N+](=O)[O-])cc1I. The second kappa shape index (κ2) is 6.53. The summed E-state index contributed by atoms with van der Waals surface area (Å²) in [5, 5.41) is 22.3. The number of halogens is 1. The molecule has 6 nitrogen and oxygen atoms in total. The molecule has 0 spiro atoms. The van der Waals surface area contributed by atoms with E-state index in [1.807, 2.05) is 29.5 Å². The maximum atomic E-state index is 10.6. The van der Waals surface area contributed by atoms with Crippen molar-refractivity contribution in [3.05, 3.63) is 31.9 Å². The van der Waals surface area contributed by atoms with E-state index in [4.69, 9.17) is 5.11 Å². The standard InChI is InChI=1S/C11H13IN2O4/c1-7(2-5-11(15)16)13-10-4-3-8(14(17)18)6-9(10)12/h3-4,6-7,13H,2,5H2,1H3,(H,15,16). The number of hydrogen-bond acceptors (Lipinski definition) is 4. The summed E-state index contributed by atoms with van der Waals surface area (Å²) >= 11 is 2.01. The average molecular weight is 364 g/mol. The van der Waals surface area contributed by atoms with Crippen molar-refractivity contribution in [2.24, 2.45) is 0 Å². The van der Waals surface area contributed by atoms with Crippen molar-refractivity contribution in [2.45, 2.75) is 25.8 Å². The molecule has 0 aliphatic heterocycles. The highest BCUT2D eigenvalue weighted by atomic mass is 127. The zero-order chi connectivity index (χ0) is 13.7.